The van der Waals surface area contributed by atoms with E-state index in [4.69, 9.17) is 21.1 Å². The predicted molar refractivity (Wildman–Crippen MR) is 75.7 cm³/mol. The first-order valence-electron chi connectivity index (χ1n) is 6.29. The third kappa shape index (κ3) is 3.72. The monoisotopic (exact) mass is 312 g/mol. The van der Waals surface area contributed by atoms with Gasteiger partial charge in [-0.1, -0.05) is 11.6 Å². The van der Waals surface area contributed by atoms with Crippen LogP contribution in [-0.4, -0.2) is 29.0 Å². The number of nitrogens with zero attached hydrogens (tertiary/aromatic N) is 2. The van der Waals surface area contributed by atoms with E-state index in [2.05, 4.69) is 5.10 Å². The first-order valence-corrected chi connectivity index (χ1v) is 6.67. The lowest BCUT2D eigenvalue weighted by molar-refractivity contribution is -0.145. The van der Waals surface area contributed by atoms with Crippen LogP contribution in [0.3, 0.4) is 0 Å². The third-order valence-electron chi connectivity index (χ3n) is 2.69. The molecule has 1 aromatic carbocycles. The molecule has 2 aromatic rings. The van der Waals surface area contributed by atoms with E-state index >= 15 is 0 Å². The van der Waals surface area contributed by atoms with Crippen molar-refractivity contribution < 1.29 is 18.7 Å². The third-order valence-corrected chi connectivity index (χ3v) is 2.92. The summed E-state index contributed by atoms with van der Waals surface area (Å²) in [5.41, 5.74) is 0.700. The Hall–Kier alpha value is -2.08. The van der Waals surface area contributed by atoms with Gasteiger partial charge in [-0.2, -0.15) is 5.10 Å². The molecule has 0 saturated heterocycles. The molecule has 0 saturated carbocycles. The summed E-state index contributed by atoms with van der Waals surface area (Å²) in [6.07, 6.45) is 0. The average molecular weight is 313 g/mol. The highest BCUT2D eigenvalue weighted by Gasteiger charge is 2.13. The van der Waals surface area contributed by atoms with Crippen LogP contribution in [-0.2, 0) is 16.6 Å². The molecule has 2 rings (SSSR count). The summed E-state index contributed by atoms with van der Waals surface area (Å²) in [4.78, 5) is 11.2. The van der Waals surface area contributed by atoms with Gasteiger partial charge in [0.05, 0.1) is 12.3 Å². The van der Waals surface area contributed by atoms with Gasteiger partial charge < -0.3 is 9.47 Å². The molecule has 0 aliphatic heterocycles. The normalized spacial score (nSPS) is 10.5. The predicted octanol–water partition coefficient (Wildman–Crippen LogP) is 2.82. The molecule has 0 spiro atoms. The molecule has 0 N–H and O–H groups in total. The van der Waals surface area contributed by atoms with Gasteiger partial charge in [-0.15, -0.1) is 0 Å². The van der Waals surface area contributed by atoms with Crippen LogP contribution >= 0.6 is 11.6 Å². The van der Waals surface area contributed by atoms with Crippen LogP contribution in [0, 0.1) is 5.82 Å². The summed E-state index contributed by atoms with van der Waals surface area (Å²) < 4.78 is 25.3. The summed E-state index contributed by atoms with van der Waals surface area (Å²) in [6.45, 7) is 1.77. The maximum absolute atomic E-state index is 13.8. The summed E-state index contributed by atoms with van der Waals surface area (Å²) in [7, 11) is 1.64. The molecule has 0 aliphatic carbocycles. The molecule has 0 radical (unpaired) electrons. The molecular formula is C14H14ClFN2O3. The minimum absolute atomic E-state index is 0.226. The van der Waals surface area contributed by atoms with Crippen molar-refractivity contribution in [1.82, 2.24) is 9.78 Å². The maximum Gasteiger partial charge on any atom is 0.344 e. The average Bonchev–Trinajstić information content (AvgIpc) is 2.78. The second-order valence-electron chi connectivity index (χ2n) is 4.21. The van der Waals surface area contributed by atoms with Crippen molar-refractivity contribution in [2.45, 2.75) is 6.92 Å². The summed E-state index contributed by atoms with van der Waals surface area (Å²) in [6, 6.07) is 5.87. The van der Waals surface area contributed by atoms with Gasteiger partial charge in [-0.05, 0) is 25.1 Å². The topological polar surface area (TPSA) is 53.4 Å². The number of aromatic nitrogens is 2. The zero-order chi connectivity index (χ0) is 15.4. The van der Waals surface area contributed by atoms with Gasteiger partial charge >= 0.3 is 5.97 Å². The maximum atomic E-state index is 13.8. The number of ether oxygens (including phenoxy) is 2. The Bertz CT molecular complexity index is 658. The highest BCUT2D eigenvalue weighted by Crippen LogP contribution is 2.27. The second-order valence-corrected chi connectivity index (χ2v) is 4.65. The fourth-order valence-corrected chi connectivity index (χ4v) is 1.91. The van der Waals surface area contributed by atoms with Crippen molar-refractivity contribution in [2.75, 3.05) is 13.2 Å². The molecule has 0 atom stereocenters. The minimum atomic E-state index is -0.474. The summed E-state index contributed by atoms with van der Waals surface area (Å²) in [5, 5.41) is 4.46. The van der Waals surface area contributed by atoms with Crippen molar-refractivity contribution in [3.63, 3.8) is 0 Å². The van der Waals surface area contributed by atoms with Crippen molar-refractivity contribution in [3.8, 4) is 17.1 Å². The molecule has 0 bridgehead atoms. The number of halogens is 2. The van der Waals surface area contributed by atoms with Gasteiger partial charge in [0.2, 0.25) is 5.88 Å². The first-order chi connectivity index (χ1) is 10.0. The molecule has 0 fully saturated rings. The fraction of sp³-hybridized carbons (Fsp3) is 0.286. The van der Waals surface area contributed by atoms with E-state index in [1.54, 1.807) is 26.1 Å². The lowest BCUT2D eigenvalue weighted by atomic mass is 10.1. The van der Waals surface area contributed by atoms with Crippen molar-refractivity contribution in [2.24, 2.45) is 7.05 Å². The molecule has 1 heterocycles. The van der Waals surface area contributed by atoms with Crippen LogP contribution < -0.4 is 4.74 Å². The van der Waals surface area contributed by atoms with E-state index in [1.807, 2.05) is 0 Å². The molecule has 7 heteroatoms. The van der Waals surface area contributed by atoms with E-state index in [9.17, 15) is 9.18 Å². The van der Waals surface area contributed by atoms with E-state index in [0.29, 0.717) is 22.2 Å². The number of esters is 1. The molecule has 5 nitrogen and oxygen atoms in total. The number of carbonyl (C=O) groups excluding carboxylic acids is 1. The lowest BCUT2D eigenvalue weighted by Gasteiger charge is -2.04. The number of hydrogen-bond donors (Lipinski definition) is 0. The van der Waals surface area contributed by atoms with Crippen molar-refractivity contribution >= 4 is 17.6 Å². The second kappa shape index (κ2) is 6.58. The van der Waals surface area contributed by atoms with E-state index < -0.39 is 11.8 Å². The van der Waals surface area contributed by atoms with Crippen LogP contribution in [0.25, 0.3) is 11.3 Å². The summed E-state index contributed by atoms with van der Waals surface area (Å²) in [5.74, 6) is -0.608. The van der Waals surface area contributed by atoms with Crippen molar-refractivity contribution in [3.05, 3.63) is 35.1 Å². The van der Waals surface area contributed by atoms with Gasteiger partial charge in [0.1, 0.15) is 5.82 Å². The van der Waals surface area contributed by atoms with Gasteiger partial charge in [0.25, 0.3) is 0 Å². The molecule has 0 unspecified atom stereocenters. The van der Waals surface area contributed by atoms with Crippen LogP contribution in [0.1, 0.15) is 6.92 Å². The number of carbonyl (C=O) groups is 1. The first kappa shape index (κ1) is 15.3. The lowest BCUT2D eigenvalue weighted by Crippen LogP contribution is -2.15. The number of benzene rings is 1. The molecule has 0 amide bonds. The number of aryl methyl sites for hydroxylation is 1. The van der Waals surface area contributed by atoms with Crippen LogP contribution in [0.4, 0.5) is 4.39 Å². The van der Waals surface area contributed by atoms with Gasteiger partial charge in [-0.25, -0.2) is 13.9 Å². The molecule has 0 aliphatic rings. The van der Waals surface area contributed by atoms with Crippen LogP contribution in [0.15, 0.2) is 24.3 Å². The highest BCUT2D eigenvalue weighted by atomic mass is 35.5. The van der Waals surface area contributed by atoms with E-state index in [0.717, 1.165) is 0 Å². The molecule has 1 aromatic heterocycles. The Morgan fingerprint density at radius 1 is 1.43 bits per heavy atom. The zero-order valence-electron chi connectivity index (χ0n) is 11.6. The van der Waals surface area contributed by atoms with Crippen LogP contribution in [0.5, 0.6) is 5.88 Å². The zero-order valence-corrected chi connectivity index (χ0v) is 12.4. The van der Waals surface area contributed by atoms with Crippen LogP contribution in [0.2, 0.25) is 5.02 Å². The Morgan fingerprint density at radius 2 is 2.19 bits per heavy atom. The van der Waals surface area contributed by atoms with Gasteiger partial charge in [-0.3, -0.25) is 0 Å². The van der Waals surface area contributed by atoms with Gasteiger partial charge in [0.15, 0.2) is 6.61 Å². The van der Waals surface area contributed by atoms with Crippen molar-refractivity contribution in [1.29, 1.82) is 0 Å². The molecule has 112 valence electrons. The van der Waals surface area contributed by atoms with E-state index in [-0.39, 0.29) is 13.2 Å². The number of hydrogen-bond acceptors (Lipinski definition) is 4. The fourth-order valence-electron chi connectivity index (χ4n) is 1.75. The smallest absolute Gasteiger partial charge is 0.344 e. The highest BCUT2D eigenvalue weighted by molar-refractivity contribution is 6.30. The number of rotatable bonds is 5. The molecule has 21 heavy (non-hydrogen) atoms. The Kier molecular flexibility index (Phi) is 4.80. The minimum Gasteiger partial charge on any atom is -0.466 e. The standard InChI is InChI=1S/C14H14ClFN2O3/c1-3-20-14(19)8-21-13-7-12(17-18(13)2)10-5-4-9(15)6-11(10)16/h4-7H,3,8H2,1-2H3. The Balaban J connectivity index is 2.17. The Morgan fingerprint density at radius 3 is 2.86 bits per heavy atom. The summed E-state index contributed by atoms with van der Waals surface area (Å²) >= 11 is 5.71. The van der Waals surface area contributed by atoms with E-state index in [1.165, 1.54) is 16.8 Å². The Labute approximate surface area is 126 Å². The quantitative estimate of drug-likeness (QED) is 0.797. The SMILES string of the molecule is CCOC(=O)COc1cc(-c2ccc(Cl)cc2F)nn1C. The largest absolute Gasteiger partial charge is 0.466 e. The van der Waals surface area contributed by atoms with Gasteiger partial charge in [0, 0.05) is 23.7 Å². The molecular weight excluding hydrogens is 299 g/mol.